The number of barbiturate groups is 1. The number of hydrogen-bond acceptors (Lipinski definition) is 3. The Hall–Kier alpha value is -1.39. The fourth-order valence-electron chi connectivity index (χ4n) is 3.21. The van der Waals surface area contributed by atoms with Crippen molar-refractivity contribution in [1.29, 1.82) is 0 Å². The molecular weight excluding hydrogens is 232 g/mol. The number of hydrogen-bond donors (Lipinski definition) is 1. The van der Waals surface area contributed by atoms with Gasteiger partial charge < -0.3 is 0 Å². The fraction of sp³-hybridized carbons (Fsp3) is 0.769. The van der Waals surface area contributed by atoms with Crippen molar-refractivity contribution in [1.82, 2.24) is 10.2 Å². The van der Waals surface area contributed by atoms with Crippen LogP contribution in [0.1, 0.15) is 39.0 Å². The predicted octanol–water partition coefficient (Wildman–Crippen LogP) is 1.28. The summed E-state index contributed by atoms with van der Waals surface area (Å²) in [6.45, 7) is 2.59. The molecule has 18 heavy (non-hydrogen) atoms. The Morgan fingerprint density at radius 1 is 1.28 bits per heavy atom. The van der Waals surface area contributed by atoms with Gasteiger partial charge in [-0.2, -0.15) is 0 Å². The van der Waals surface area contributed by atoms with E-state index in [4.69, 9.17) is 0 Å². The van der Waals surface area contributed by atoms with Crippen LogP contribution < -0.4 is 5.32 Å². The molecule has 0 radical (unpaired) electrons. The largest absolute Gasteiger partial charge is 0.330 e. The van der Waals surface area contributed by atoms with E-state index in [9.17, 15) is 14.4 Å². The van der Waals surface area contributed by atoms with Gasteiger partial charge in [-0.05, 0) is 31.1 Å². The Morgan fingerprint density at radius 2 is 1.89 bits per heavy atom. The molecule has 3 fully saturated rings. The molecule has 5 nitrogen and oxygen atoms in total. The minimum Gasteiger partial charge on any atom is -0.277 e. The van der Waals surface area contributed by atoms with E-state index >= 15 is 0 Å². The molecule has 1 N–H and O–H groups in total. The molecule has 2 atom stereocenters. The van der Waals surface area contributed by atoms with Gasteiger partial charge in [0.25, 0.3) is 0 Å². The van der Waals surface area contributed by atoms with Crippen LogP contribution in [0.25, 0.3) is 0 Å². The van der Waals surface area contributed by atoms with Gasteiger partial charge in [0.05, 0.1) is 0 Å². The number of urea groups is 1. The van der Waals surface area contributed by atoms with E-state index in [-0.39, 0.29) is 11.8 Å². The Kier molecular flexibility index (Phi) is 2.47. The summed E-state index contributed by atoms with van der Waals surface area (Å²) in [5.41, 5.74) is -0.938. The molecule has 0 aromatic rings. The summed E-state index contributed by atoms with van der Waals surface area (Å²) in [6.07, 6.45) is 4.02. The van der Waals surface area contributed by atoms with Crippen molar-refractivity contribution < 1.29 is 14.4 Å². The Labute approximate surface area is 106 Å². The normalized spacial score (nSPS) is 34.1. The van der Waals surface area contributed by atoms with Crippen molar-refractivity contribution in [2.45, 2.75) is 39.0 Å². The molecule has 98 valence electrons. The van der Waals surface area contributed by atoms with Gasteiger partial charge in [-0.1, -0.05) is 19.8 Å². The summed E-state index contributed by atoms with van der Waals surface area (Å²) in [5, 5.41) is 2.37. The van der Waals surface area contributed by atoms with Crippen molar-refractivity contribution in [3.8, 4) is 0 Å². The fourth-order valence-corrected chi connectivity index (χ4v) is 3.21. The molecule has 1 saturated heterocycles. The molecule has 4 amide bonds. The molecule has 3 aliphatic rings. The van der Waals surface area contributed by atoms with Gasteiger partial charge in [0, 0.05) is 6.54 Å². The van der Waals surface area contributed by atoms with Crippen LogP contribution in [0.2, 0.25) is 0 Å². The lowest BCUT2D eigenvalue weighted by Crippen LogP contribution is -2.63. The second kappa shape index (κ2) is 3.80. The zero-order valence-electron chi connectivity index (χ0n) is 10.6. The van der Waals surface area contributed by atoms with Crippen molar-refractivity contribution in [2.75, 3.05) is 6.54 Å². The van der Waals surface area contributed by atoms with Gasteiger partial charge in [-0.15, -0.1) is 0 Å². The van der Waals surface area contributed by atoms with Crippen LogP contribution in [0.4, 0.5) is 4.79 Å². The molecule has 0 aromatic carbocycles. The highest BCUT2D eigenvalue weighted by Gasteiger charge is 2.55. The van der Waals surface area contributed by atoms with E-state index in [0.717, 1.165) is 19.3 Å². The molecule has 0 aromatic heterocycles. The summed E-state index contributed by atoms with van der Waals surface area (Å²) in [5.74, 6) is 0.372. The monoisotopic (exact) mass is 250 g/mol. The topological polar surface area (TPSA) is 66.5 Å². The second-order valence-electron chi connectivity index (χ2n) is 5.94. The number of nitrogens with one attached hydrogen (secondary N) is 1. The highest BCUT2D eigenvalue weighted by Crippen LogP contribution is 2.44. The first-order chi connectivity index (χ1) is 8.54. The molecule has 1 spiro atoms. The lowest BCUT2D eigenvalue weighted by molar-refractivity contribution is -0.151. The third kappa shape index (κ3) is 1.56. The number of amides is 4. The summed E-state index contributed by atoms with van der Waals surface area (Å²) >= 11 is 0. The average Bonchev–Trinajstić information content (AvgIpc) is 2.83. The Bertz CT molecular complexity index is 426. The van der Waals surface area contributed by atoms with E-state index < -0.39 is 11.4 Å². The SMILES string of the molecule is CC1CC1CN1C(=O)NC(=O)C2(CCCC2)C1=O. The van der Waals surface area contributed by atoms with Crippen LogP contribution >= 0.6 is 0 Å². The number of imide groups is 2. The zero-order chi connectivity index (χ0) is 12.9. The summed E-state index contributed by atoms with van der Waals surface area (Å²) < 4.78 is 0. The van der Waals surface area contributed by atoms with Gasteiger partial charge in [-0.25, -0.2) is 4.79 Å². The molecule has 0 bridgehead atoms. The summed E-state index contributed by atoms with van der Waals surface area (Å²) in [6, 6.07) is -0.526. The summed E-state index contributed by atoms with van der Waals surface area (Å²) in [7, 11) is 0. The maximum absolute atomic E-state index is 12.5. The Balaban J connectivity index is 1.83. The molecule has 2 aliphatic carbocycles. The molecule has 5 heteroatoms. The van der Waals surface area contributed by atoms with Crippen LogP contribution in [-0.4, -0.2) is 29.3 Å². The average molecular weight is 250 g/mol. The maximum Gasteiger partial charge on any atom is 0.330 e. The third-order valence-corrected chi connectivity index (χ3v) is 4.71. The van der Waals surface area contributed by atoms with Gasteiger partial charge in [-0.3, -0.25) is 19.8 Å². The molecule has 3 rings (SSSR count). The van der Waals surface area contributed by atoms with Crippen LogP contribution in [-0.2, 0) is 9.59 Å². The van der Waals surface area contributed by atoms with E-state index in [0.29, 0.717) is 31.2 Å². The number of carbonyl (C=O) groups is 3. The minimum absolute atomic E-state index is 0.257. The standard InChI is InChI=1S/C13H18N2O3/c1-8-6-9(8)7-15-11(17)13(4-2-3-5-13)10(16)14-12(15)18/h8-9H,2-7H2,1H3,(H,14,16,18). The van der Waals surface area contributed by atoms with Crippen molar-refractivity contribution in [2.24, 2.45) is 17.3 Å². The summed E-state index contributed by atoms with van der Waals surface area (Å²) in [4.78, 5) is 37.5. The highest BCUT2D eigenvalue weighted by atomic mass is 16.2. The van der Waals surface area contributed by atoms with Crippen molar-refractivity contribution in [3.63, 3.8) is 0 Å². The van der Waals surface area contributed by atoms with E-state index in [1.807, 2.05) is 0 Å². The predicted molar refractivity (Wildman–Crippen MR) is 63.4 cm³/mol. The maximum atomic E-state index is 12.5. The van der Waals surface area contributed by atoms with Gasteiger partial charge in [0.1, 0.15) is 5.41 Å². The smallest absolute Gasteiger partial charge is 0.277 e. The molecule has 1 heterocycles. The van der Waals surface area contributed by atoms with Crippen molar-refractivity contribution >= 4 is 17.8 Å². The second-order valence-corrected chi connectivity index (χ2v) is 5.94. The van der Waals surface area contributed by atoms with Crippen molar-refractivity contribution in [3.05, 3.63) is 0 Å². The highest BCUT2D eigenvalue weighted by molar-refractivity contribution is 6.19. The Morgan fingerprint density at radius 3 is 2.44 bits per heavy atom. The molecule has 2 unspecified atom stereocenters. The van der Waals surface area contributed by atoms with Gasteiger partial charge >= 0.3 is 6.03 Å². The first-order valence-electron chi connectivity index (χ1n) is 6.72. The minimum atomic E-state index is -0.938. The van der Waals surface area contributed by atoms with Crippen LogP contribution in [0, 0.1) is 17.3 Å². The van der Waals surface area contributed by atoms with Gasteiger partial charge in [0.15, 0.2) is 0 Å². The molecule has 2 saturated carbocycles. The van der Waals surface area contributed by atoms with E-state index in [1.54, 1.807) is 0 Å². The third-order valence-electron chi connectivity index (χ3n) is 4.71. The lowest BCUT2D eigenvalue weighted by Gasteiger charge is -2.36. The van der Waals surface area contributed by atoms with Crippen LogP contribution in [0.5, 0.6) is 0 Å². The zero-order valence-corrected chi connectivity index (χ0v) is 10.6. The van der Waals surface area contributed by atoms with E-state index in [2.05, 4.69) is 12.2 Å². The van der Waals surface area contributed by atoms with Gasteiger partial charge in [0.2, 0.25) is 11.8 Å². The number of carbonyl (C=O) groups excluding carboxylic acids is 3. The first-order valence-corrected chi connectivity index (χ1v) is 6.72. The lowest BCUT2D eigenvalue weighted by atomic mass is 9.82. The van der Waals surface area contributed by atoms with E-state index in [1.165, 1.54) is 4.90 Å². The quantitative estimate of drug-likeness (QED) is 0.751. The first kappa shape index (κ1) is 11.7. The molecular formula is C13H18N2O3. The number of rotatable bonds is 2. The number of nitrogens with zero attached hydrogens (tertiary/aromatic N) is 1. The van der Waals surface area contributed by atoms with Crippen LogP contribution in [0.3, 0.4) is 0 Å². The molecule has 1 aliphatic heterocycles. The van der Waals surface area contributed by atoms with Crippen LogP contribution in [0.15, 0.2) is 0 Å².